The lowest BCUT2D eigenvalue weighted by Gasteiger charge is -2.08. The Morgan fingerprint density at radius 3 is 2.84 bits per heavy atom. The number of benzene rings is 1. The number of hydrogen-bond donors (Lipinski definition) is 1. The molecular weight excluding hydrogens is 337 g/mol. The molecule has 2 rings (SSSR count). The highest BCUT2D eigenvalue weighted by Crippen LogP contribution is 2.22. The van der Waals surface area contributed by atoms with Gasteiger partial charge in [0.15, 0.2) is 0 Å². The topological polar surface area (TPSA) is 47.0 Å². The molecule has 4 nitrogen and oxygen atoms in total. The van der Waals surface area contributed by atoms with Crippen molar-refractivity contribution in [1.82, 2.24) is 9.97 Å². The molecule has 0 radical (unpaired) electrons. The number of hydrogen-bond acceptors (Lipinski definition) is 4. The molecule has 0 bridgehead atoms. The van der Waals surface area contributed by atoms with Gasteiger partial charge >= 0.3 is 0 Å². The van der Waals surface area contributed by atoms with E-state index in [-0.39, 0.29) is 16.8 Å². The van der Waals surface area contributed by atoms with Crippen LogP contribution < -0.4 is 5.32 Å². The normalized spacial score (nSPS) is 10.5. The number of nitrogens with zero attached hydrogens (tertiary/aromatic N) is 2. The summed E-state index contributed by atoms with van der Waals surface area (Å²) in [4.78, 5) is 8.16. The van der Waals surface area contributed by atoms with Crippen molar-refractivity contribution in [2.45, 2.75) is 6.61 Å². The highest BCUT2D eigenvalue weighted by Gasteiger charge is 2.07. The van der Waals surface area contributed by atoms with Crippen LogP contribution in [-0.4, -0.2) is 17.1 Å². The van der Waals surface area contributed by atoms with Crippen LogP contribution >= 0.6 is 27.5 Å². The second-order valence-electron chi connectivity index (χ2n) is 3.69. The molecule has 100 valence electrons. The molecule has 1 aromatic carbocycles. The van der Waals surface area contributed by atoms with Gasteiger partial charge in [-0.1, -0.05) is 27.5 Å². The van der Waals surface area contributed by atoms with E-state index in [2.05, 4.69) is 31.2 Å². The molecule has 19 heavy (non-hydrogen) atoms. The fraction of sp³-hybridized carbons (Fsp3) is 0.167. The van der Waals surface area contributed by atoms with Gasteiger partial charge in [0.25, 0.3) is 0 Å². The van der Waals surface area contributed by atoms with Crippen LogP contribution in [0.15, 0.2) is 28.7 Å². The number of aromatic nitrogens is 2. The molecule has 1 aromatic heterocycles. The minimum atomic E-state index is -0.411. The highest BCUT2D eigenvalue weighted by atomic mass is 79.9. The van der Waals surface area contributed by atoms with E-state index < -0.39 is 5.82 Å². The maximum absolute atomic E-state index is 13.7. The van der Waals surface area contributed by atoms with Crippen LogP contribution in [0.1, 0.15) is 5.69 Å². The third kappa shape index (κ3) is 3.86. The number of halogens is 3. The zero-order valence-corrected chi connectivity index (χ0v) is 12.3. The molecule has 0 saturated carbocycles. The summed E-state index contributed by atoms with van der Waals surface area (Å²) in [5.74, 6) is -0.188. The molecule has 2 aromatic rings. The number of rotatable bonds is 4. The minimum Gasteiger partial charge on any atom is -0.378 e. The summed E-state index contributed by atoms with van der Waals surface area (Å²) in [6.07, 6.45) is 0. The zero-order chi connectivity index (χ0) is 13.8. The van der Waals surface area contributed by atoms with E-state index in [1.165, 1.54) is 6.07 Å². The lowest BCUT2D eigenvalue weighted by molar-refractivity contribution is 0.181. The van der Waals surface area contributed by atoms with Gasteiger partial charge in [0.2, 0.25) is 5.95 Å². The van der Waals surface area contributed by atoms with Gasteiger partial charge in [-0.05, 0) is 24.3 Å². The smallest absolute Gasteiger partial charge is 0.229 e. The van der Waals surface area contributed by atoms with Crippen LogP contribution in [0.25, 0.3) is 0 Å². The number of anilines is 2. The van der Waals surface area contributed by atoms with Crippen molar-refractivity contribution in [1.29, 1.82) is 0 Å². The summed E-state index contributed by atoms with van der Waals surface area (Å²) in [5, 5.41) is 3.05. The molecule has 1 N–H and O–H groups in total. The number of methoxy groups -OCH3 is 1. The Morgan fingerprint density at radius 2 is 2.16 bits per heavy atom. The largest absolute Gasteiger partial charge is 0.378 e. The zero-order valence-electron chi connectivity index (χ0n) is 9.95. The Kier molecular flexibility index (Phi) is 4.68. The van der Waals surface area contributed by atoms with Gasteiger partial charge < -0.3 is 10.1 Å². The molecule has 0 unspecified atom stereocenters. The molecule has 7 heteroatoms. The molecular formula is C12H10BrClFN3O. The first-order valence-electron chi connectivity index (χ1n) is 5.33. The molecule has 0 aliphatic rings. The van der Waals surface area contributed by atoms with Crippen molar-refractivity contribution in [2.75, 3.05) is 12.4 Å². The number of nitrogens with one attached hydrogen (secondary N) is 1. The first-order valence-corrected chi connectivity index (χ1v) is 6.50. The standard InChI is InChI=1S/C12H10BrClFN3O/c1-19-6-8-5-11(14)18-12(16-8)17-10-3-2-7(13)4-9(10)15/h2-5H,6H2,1H3,(H,16,17,18). The Morgan fingerprint density at radius 1 is 1.37 bits per heavy atom. The van der Waals surface area contributed by atoms with Crippen LogP contribution in [0.4, 0.5) is 16.0 Å². The van der Waals surface area contributed by atoms with Gasteiger partial charge in [0.05, 0.1) is 18.0 Å². The van der Waals surface area contributed by atoms with E-state index in [0.29, 0.717) is 16.8 Å². The van der Waals surface area contributed by atoms with Crippen LogP contribution in [0.3, 0.4) is 0 Å². The lowest BCUT2D eigenvalue weighted by Crippen LogP contribution is -2.02. The maximum atomic E-state index is 13.7. The van der Waals surface area contributed by atoms with Crippen molar-refractivity contribution < 1.29 is 9.13 Å². The quantitative estimate of drug-likeness (QED) is 0.852. The minimum absolute atomic E-state index is 0.223. The second kappa shape index (κ2) is 6.27. The predicted octanol–water partition coefficient (Wildman–Crippen LogP) is 3.92. The first kappa shape index (κ1) is 14.2. The molecule has 0 fully saturated rings. The molecule has 1 heterocycles. The van der Waals surface area contributed by atoms with Crippen molar-refractivity contribution in [3.63, 3.8) is 0 Å². The van der Waals surface area contributed by atoms with Crippen LogP contribution in [0, 0.1) is 5.82 Å². The summed E-state index contributed by atoms with van der Waals surface area (Å²) in [6.45, 7) is 0.305. The maximum Gasteiger partial charge on any atom is 0.229 e. The second-order valence-corrected chi connectivity index (χ2v) is 4.99. The van der Waals surface area contributed by atoms with E-state index in [0.717, 1.165) is 0 Å². The van der Waals surface area contributed by atoms with Gasteiger partial charge in [-0.15, -0.1) is 0 Å². The van der Waals surface area contributed by atoms with Crippen molar-refractivity contribution in [3.05, 3.63) is 45.4 Å². The van der Waals surface area contributed by atoms with E-state index in [9.17, 15) is 4.39 Å². The fourth-order valence-electron chi connectivity index (χ4n) is 1.45. The molecule has 0 saturated heterocycles. The summed E-state index contributed by atoms with van der Waals surface area (Å²) < 4.78 is 19.3. The van der Waals surface area contributed by atoms with Crippen molar-refractivity contribution >= 4 is 39.2 Å². The molecule has 0 spiro atoms. The van der Waals surface area contributed by atoms with Gasteiger partial charge in [-0.3, -0.25) is 0 Å². The highest BCUT2D eigenvalue weighted by molar-refractivity contribution is 9.10. The summed E-state index contributed by atoms with van der Waals surface area (Å²) in [6, 6.07) is 6.24. The third-order valence-corrected chi connectivity index (χ3v) is 2.90. The molecule has 0 atom stereocenters. The molecule has 0 aliphatic heterocycles. The van der Waals surface area contributed by atoms with Crippen molar-refractivity contribution in [2.24, 2.45) is 0 Å². The first-order chi connectivity index (χ1) is 9.08. The van der Waals surface area contributed by atoms with Crippen LogP contribution in [0.2, 0.25) is 5.15 Å². The van der Waals surface area contributed by atoms with Gasteiger partial charge in [0.1, 0.15) is 11.0 Å². The fourth-order valence-corrected chi connectivity index (χ4v) is 1.99. The van der Waals surface area contributed by atoms with Gasteiger partial charge in [-0.2, -0.15) is 0 Å². The third-order valence-electron chi connectivity index (χ3n) is 2.22. The van der Waals surface area contributed by atoms with E-state index in [1.54, 1.807) is 25.3 Å². The monoisotopic (exact) mass is 345 g/mol. The SMILES string of the molecule is COCc1cc(Cl)nc(Nc2ccc(Br)cc2F)n1. The van der Waals surface area contributed by atoms with Gasteiger partial charge in [0, 0.05) is 11.6 Å². The van der Waals surface area contributed by atoms with E-state index in [4.69, 9.17) is 16.3 Å². The Labute approximate surface area is 123 Å². The lowest BCUT2D eigenvalue weighted by atomic mass is 10.3. The Balaban J connectivity index is 2.27. The number of ether oxygens (including phenoxy) is 1. The van der Waals surface area contributed by atoms with Crippen LogP contribution in [-0.2, 0) is 11.3 Å². The van der Waals surface area contributed by atoms with E-state index >= 15 is 0 Å². The van der Waals surface area contributed by atoms with Gasteiger partial charge in [-0.25, -0.2) is 14.4 Å². The average molecular weight is 347 g/mol. The van der Waals surface area contributed by atoms with E-state index in [1.807, 2.05) is 0 Å². The Bertz CT molecular complexity index is 597. The summed E-state index contributed by atoms with van der Waals surface area (Å²) in [7, 11) is 1.55. The Hall–Kier alpha value is -1.24. The molecule has 0 amide bonds. The van der Waals surface area contributed by atoms with Crippen molar-refractivity contribution in [3.8, 4) is 0 Å². The predicted molar refractivity (Wildman–Crippen MR) is 75.1 cm³/mol. The molecule has 0 aliphatic carbocycles. The average Bonchev–Trinajstić information content (AvgIpc) is 2.32. The summed E-state index contributed by atoms with van der Waals surface area (Å²) in [5.41, 5.74) is 0.886. The van der Waals surface area contributed by atoms with Crippen LogP contribution in [0.5, 0.6) is 0 Å². The summed E-state index contributed by atoms with van der Waals surface area (Å²) >= 11 is 9.06.